The molecule has 0 N–H and O–H groups in total. The monoisotopic (exact) mass is 368 g/mol. The fourth-order valence-electron chi connectivity index (χ4n) is 4.04. The molecule has 144 valence electrons. The first-order valence-corrected chi connectivity index (χ1v) is 10.4. The fourth-order valence-corrected chi connectivity index (χ4v) is 4.04. The van der Waals surface area contributed by atoms with Crippen LogP contribution in [0.2, 0.25) is 0 Å². The number of halogens is 2. The van der Waals surface area contributed by atoms with Gasteiger partial charge >= 0.3 is 0 Å². The molecule has 0 heterocycles. The van der Waals surface area contributed by atoms with Crippen LogP contribution in [0.5, 0.6) is 0 Å². The van der Waals surface area contributed by atoms with Crippen LogP contribution in [0.25, 0.3) is 16.7 Å². The Kier molecular flexibility index (Phi) is 6.82. The summed E-state index contributed by atoms with van der Waals surface area (Å²) in [6.45, 7) is 4.22. The van der Waals surface area contributed by atoms with Crippen molar-refractivity contribution in [3.8, 4) is 11.1 Å². The molecule has 0 amide bonds. The predicted molar refractivity (Wildman–Crippen MR) is 111 cm³/mol. The maximum atomic E-state index is 14.5. The van der Waals surface area contributed by atoms with Crippen LogP contribution in [0, 0.1) is 17.6 Å². The Bertz CT molecular complexity index is 787. The number of unbranched alkanes of at least 4 members (excludes halogenated alkanes) is 1. The van der Waals surface area contributed by atoms with Crippen LogP contribution < -0.4 is 0 Å². The summed E-state index contributed by atoms with van der Waals surface area (Å²) in [5.74, 6) is -0.609. The molecule has 0 spiro atoms. The van der Waals surface area contributed by atoms with Crippen molar-refractivity contribution < 1.29 is 8.78 Å². The van der Waals surface area contributed by atoms with Gasteiger partial charge in [0.15, 0.2) is 11.6 Å². The van der Waals surface area contributed by atoms with Crippen LogP contribution >= 0.6 is 0 Å². The van der Waals surface area contributed by atoms with Gasteiger partial charge in [0.1, 0.15) is 0 Å². The Morgan fingerprint density at radius 2 is 1.63 bits per heavy atom. The highest BCUT2D eigenvalue weighted by atomic mass is 19.2. The topological polar surface area (TPSA) is 0 Å². The fraction of sp³-hybridized carbons (Fsp3) is 0.440. The van der Waals surface area contributed by atoms with E-state index in [1.807, 2.05) is 31.2 Å². The highest BCUT2D eigenvalue weighted by Crippen LogP contribution is 2.34. The molecule has 1 aliphatic rings. The Labute approximate surface area is 162 Å². The molecule has 2 aromatic rings. The average Bonchev–Trinajstić information content (AvgIpc) is 2.71. The summed E-state index contributed by atoms with van der Waals surface area (Å²) in [5.41, 5.74) is 4.13. The molecule has 0 aliphatic heterocycles. The van der Waals surface area contributed by atoms with E-state index in [0.717, 1.165) is 30.7 Å². The van der Waals surface area contributed by atoms with Crippen LogP contribution in [0.15, 0.2) is 42.5 Å². The van der Waals surface area contributed by atoms with Gasteiger partial charge in [0.25, 0.3) is 0 Å². The van der Waals surface area contributed by atoms with Gasteiger partial charge in [-0.2, -0.15) is 0 Å². The van der Waals surface area contributed by atoms with Gasteiger partial charge in [-0.1, -0.05) is 82.0 Å². The number of hydrogen-bond donors (Lipinski definition) is 0. The van der Waals surface area contributed by atoms with E-state index < -0.39 is 11.6 Å². The van der Waals surface area contributed by atoms with Gasteiger partial charge in [-0.25, -0.2) is 8.78 Å². The lowest BCUT2D eigenvalue weighted by Crippen LogP contribution is -2.05. The largest absolute Gasteiger partial charge is 0.203 e. The molecule has 0 nitrogen and oxygen atoms in total. The van der Waals surface area contributed by atoms with Crippen molar-refractivity contribution in [2.45, 2.75) is 65.2 Å². The second-order valence-corrected chi connectivity index (χ2v) is 7.74. The van der Waals surface area contributed by atoms with Gasteiger partial charge in [0.2, 0.25) is 0 Å². The average molecular weight is 369 g/mol. The lowest BCUT2D eigenvalue weighted by molar-refractivity contribution is 0.434. The maximum Gasteiger partial charge on any atom is 0.166 e. The van der Waals surface area contributed by atoms with E-state index in [0.29, 0.717) is 17.5 Å². The molecular formula is C25H30F2. The third kappa shape index (κ3) is 4.66. The van der Waals surface area contributed by atoms with Crippen LogP contribution in [0.1, 0.15) is 69.9 Å². The van der Waals surface area contributed by atoms with Gasteiger partial charge in [-0.15, -0.1) is 0 Å². The van der Waals surface area contributed by atoms with Gasteiger partial charge < -0.3 is 0 Å². The molecule has 3 rings (SSSR count). The smallest absolute Gasteiger partial charge is 0.166 e. The van der Waals surface area contributed by atoms with Gasteiger partial charge in [-0.05, 0) is 53.9 Å². The predicted octanol–water partition coefficient (Wildman–Crippen LogP) is 7.96. The highest BCUT2D eigenvalue weighted by molar-refractivity contribution is 5.71. The molecule has 27 heavy (non-hydrogen) atoms. The number of benzene rings is 2. The van der Waals surface area contributed by atoms with Crippen molar-refractivity contribution >= 4 is 5.57 Å². The molecule has 0 radical (unpaired) electrons. The zero-order valence-electron chi connectivity index (χ0n) is 16.5. The maximum absolute atomic E-state index is 14.5. The van der Waals surface area contributed by atoms with Gasteiger partial charge in [-0.3, -0.25) is 0 Å². The van der Waals surface area contributed by atoms with Crippen molar-refractivity contribution in [2.75, 3.05) is 0 Å². The zero-order valence-corrected chi connectivity index (χ0v) is 16.5. The van der Waals surface area contributed by atoms with Crippen molar-refractivity contribution in [3.63, 3.8) is 0 Å². The third-order valence-corrected chi connectivity index (χ3v) is 5.73. The zero-order chi connectivity index (χ0) is 19.2. The van der Waals surface area contributed by atoms with E-state index in [2.05, 4.69) is 13.0 Å². The summed E-state index contributed by atoms with van der Waals surface area (Å²) in [4.78, 5) is 0. The first-order chi connectivity index (χ1) is 13.1. The molecule has 0 bridgehead atoms. The minimum Gasteiger partial charge on any atom is -0.203 e. The molecular weight excluding hydrogens is 338 g/mol. The SMILES string of the molecule is CCCCC1CC=C(c2ccc(-c3ccc(CCC)c(F)c3F)cc2)CC1. The summed E-state index contributed by atoms with van der Waals surface area (Å²) >= 11 is 0. The highest BCUT2D eigenvalue weighted by Gasteiger charge is 2.17. The van der Waals surface area contributed by atoms with E-state index in [1.165, 1.54) is 36.8 Å². The van der Waals surface area contributed by atoms with E-state index in [4.69, 9.17) is 0 Å². The molecule has 2 aromatic carbocycles. The van der Waals surface area contributed by atoms with E-state index in [-0.39, 0.29) is 0 Å². The van der Waals surface area contributed by atoms with Crippen molar-refractivity contribution in [3.05, 3.63) is 65.2 Å². The van der Waals surface area contributed by atoms with Crippen LogP contribution in [-0.2, 0) is 6.42 Å². The molecule has 0 fully saturated rings. The standard InChI is InChI=1S/C25H30F2/c1-3-5-7-18-8-10-19(11-9-18)20-12-14-21(15-13-20)23-17-16-22(6-4-2)24(26)25(23)27/h10,12-18H,3-9,11H2,1-2H3. The first-order valence-electron chi connectivity index (χ1n) is 10.4. The Hall–Kier alpha value is -1.96. The van der Waals surface area contributed by atoms with E-state index in [9.17, 15) is 8.78 Å². The van der Waals surface area contributed by atoms with Crippen LogP contribution in [0.4, 0.5) is 8.78 Å². The van der Waals surface area contributed by atoms with E-state index in [1.54, 1.807) is 12.1 Å². The summed E-state index contributed by atoms with van der Waals surface area (Å²) in [7, 11) is 0. The summed E-state index contributed by atoms with van der Waals surface area (Å²) in [6.07, 6.45) is 11.2. The van der Waals surface area contributed by atoms with Crippen molar-refractivity contribution in [1.82, 2.24) is 0 Å². The molecule has 2 heteroatoms. The molecule has 0 saturated heterocycles. The third-order valence-electron chi connectivity index (χ3n) is 5.73. The Morgan fingerprint density at radius 1 is 0.889 bits per heavy atom. The van der Waals surface area contributed by atoms with Crippen LogP contribution in [-0.4, -0.2) is 0 Å². The van der Waals surface area contributed by atoms with Gasteiger partial charge in [0.05, 0.1) is 0 Å². The second kappa shape index (κ2) is 9.30. The van der Waals surface area contributed by atoms with Crippen molar-refractivity contribution in [1.29, 1.82) is 0 Å². The first kappa shape index (κ1) is 19.8. The summed E-state index contributed by atoms with van der Waals surface area (Å²) < 4.78 is 28.7. The number of allylic oxidation sites excluding steroid dienone is 2. The molecule has 1 atom stereocenters. The molecule has 0 saturated carbocycles. The number of aryl methyl sites for hydroxylation is 1. The van der Waals surface area contributed by atoms with Crippen LogP contribution in [0.3, 0.4) is 0 Å². The molecule has 0 aromatic heterocycles. The number of hydrogen-bond acceptors (Lipinski definition) is 0. The summed E-state index contributed by atoms with van der Waals surface area (Å²) in [5, 5.41) is 0. The second-order valence-electron chi connectivity index (χ2n) is 7.74. The quantitative estimate of drug-likeness (QED) is 0.465. The lowest BCUT2D eigenvalue weighted by atomic mass is 9.84. The molecule has 1 aliphatic carbocycles. The Morgan fingerprint density at radius 3 is 2.26 bits per heavy atom. The van der Waals surface area contributed by atoms with Gasteiger partial charge in [0, 0.05) is 5.56 Å². The minimum atomic E-state index is -0.732. The summed E-state index contributed by atoms with van der Waals surface area (Å²) in [6, 6.07) is 11.3. The minimum absolute atomic E-state index is 0.344. The Balaban J connectivity index is 1.75. The van der Waals surface area contributed by atoms with Crippen molar-refractivity contribution in [2.24, 2.45) is 5.92 Å². The normalized spacial score (nSPS) is 17.0. The molecule has 1 unspecified atom stereocenters. The van der Waals surface area contributed by atoms with E-state index >= 15 is 0 Å². The lowest BCUT2D eigenvalue weighted by Gasteiger charge is -2.22. The number of rotatable bonds is 7.